The SMILES string of the molecule is CCOC(/C=C(\Cl)c1ccc(C)cc1)OCC. The second kappa shape index (κ2) is 7.49. The molecule has 0 aliphatic carbocycles. The Morgan fingerprint density at radius 2 is 1.71 bits per heavy atom. The van der Waals surface area contributed by atoms with Gasteiger partial charge in [-0.2, -0.15) is 0 Å². The van der Waals surface area contributed by atoms with E-state index in [0.717, 1.165) is 5.56 Å². The zero-order valence-electron chi connectivity index (χ0n) is 10.6. The van der Waals surface area contributed by atoms with Crippen LogP contribution in [-0.2, 0) is 9.47 Å². The smallest absolute Gasteiger partial charge is 0.178 e. The second-order valence-electron chi connectivity index (χ2n) is 3.66. The molecule has 3 heteroatoms. The molecule has 0 saturated carbocycles. The van der Waals surface area contributed by atoms with Gasteiger partial charge in [-0.25, -0.2) is 0 Å². The Hall–Kier alpha value is -0.830. The predicted octanol–water partition coefficient (Wildman–Crippen LogP) is 3.97. The molecule has 1 aromatic carbocycles. The van der Waals surface area contributed by atoms with Gasteiger partial charge in [0.05, 0.1) is 0 Å². The Labute approximate surface area is 108 Å². The molecule has 0 amide bonds. The fourth-order valence-electron chi connectivity index (χ4n) is 1.40. The first-order valence-corrected chi connectivity index (χ1v) is 6.22. The number of halogens is 1. The fraction of sp³-hybridized carbons (Fsp3) is 0.429. The van der Waals surface area contributed by atoms with Crippen molar-refractivity contribution in [3.05, 3.63) is 41.5 Å². The van der Waals surface area contributed by atoms with Gasteiger partial charge in [0.15, 0.2) is 6.29 Å². The molecule has 0 unspecified atom stereocenters. The molecule has 1 rings (SSSR count). The van der Waals surface area contributed by atoms with Crippen LogP contribution in [0.3, 0.4) is 0 Å². The quantitative estimate of drug-likeness (QED) is 0.715. The number of rotatable bonds is 6. The van der Waals surface area contributed by atoms with Gasteiger partial charge in [-0.15, -0.1) is 0 Å². The molecule has 94 valence electrons. The van der Waals surface area contributed by atoms with E-state index < -0.39 is 0 Å². The van der Waals surface area contributed by atoms with Crippen molar-refractivity contribution in [1.82, 2.24) is 0 Å². The summed E-state index contributed by atoms with van der Waals surface area (Å²) in [5, 5.41) is 0.650. The molecule has 0 aliphatic rings. The van der Waals surface area contributed by atoms with E-state index in [-0.39, 0.29) is 6.29 Å². The van der Waals surface area contributed by atoms with E-state index in [1.165, 1.54) is 5.56 Å². The van der Waals surface area contributed by atoms with Crippen molar-refractivity contribution in [3.63, 3.8) is 0 Å². The normalized spacial score (nSPS) is 12.2. The Bertz CT molecular complexity index is 351. The van der Waals surface area contributed by atoms with E-state index >= 15 is 0 Å². The lowest BCUT2D eigenvalue weighted by molar-refractivity contribution is -0.103. The third kappa shape index (κ3) is 4.90. The zero-order valence-corrected chi connectivity index (χ0v) is 11.3. The highest BCUT2D eigenvalue weighted by Crippen LogP contribution is 2.20. The van der Waals surface area contributed by atoms with Gasteiger partial charge in [-0.1, -0.05) is 41.4 Å². The number of benzene rings is 1. The Balaban J connectivity index is 2.77. The summed E-state index contributed by atoms with van der Waals surface area (Å²) in [4.78, 5) is 0. The van der Waals surface area contributed by atoms with Gasteiger partial charge >= 0.3 is 0 Å². The monoisotopic (exact) mass is 254 g/mol. The van der Waals surface area contributed by atoms with Gasteiger partial charge in [0.25, 0.3) is 0 Å². The average molecular weight is 255 g/mol. The maximum Gasteiger partial charge on any atom is 0.178 e. The minimum atomic E-state index is -0.376. The van der Waals surface area contributed by atoms with Crippen LogP contribution in [0.15, 0.2) is 30.3 Å². The van der Waals surface area contributed by atoms with Crippen LogP contribution in [0.2, 0.25) is 0 Å². The lowest BCUT2D eigenvalue weighted by Gasteiger charge is -2.13. The molecular weight excluding hydrogens is 236 g/mol. The van der Waals surface area contributed by atoms with Crippen molar-refractivity contribution in [2.45, 2.75) is 27.1 Å². The largest absolute Gasteiger partial charge is 0.349 e. The van der Waals surface area contributed by atoms with Gasteiger partial charge in [-0.05, 0) is 32.4 Å². The van der Waals surface area contributed by atoms with Crippen molar-refractivity contribution in [1.29, 1.82) is 0 Å². The van der Waals surface area contributed by atoms with Crippen molar-refractivity contribution in [2.24, 2.45) is 0 Å². The summed E-state index contributed by atoms with van der Waals surface area (Å²) in [6.07, 6.45) is 1.41. The van der Waals surface area contributed by atoms with E-state index in [0.29, 0.717) is 18.2 Å². The van der Waals surface area contributed by atoms with Crippen molar-refractivity contribution in [2.75, 3.05) is 13.2 Å². The van der Waals surface area contributed by atoms with Crippen LogP contribution < -0.4 is 0 Å². The Kier molecular flexibility index (Phi) is 6.27. The van der Waals surface area contributed by atoms with Crippen LogP contribution >= 0.6 is 11.6 Å². The summed E-state index contributed by atoms with van der Waals surface area (Å²) < 4.78 is 10.8. The molecule has 0 N–H and O–H groups in total. The van der Waals surface area contributed by atoms with Gasteiger partial charge < -0.3 is 9.47 Å². The average Bonchev–Trinajstić information content (AvgIpc) is 2.30. The summed E-state index contributed by atoms with van der Waals surface area (Å²) in [6, 6.07) is 8.04. The van der Waals surface area contributed by atoms with Crippen LogP contribution in [-0.4, -0.2) is 19.5 Å². The van der Waals surface area contributed by atoms with Crippen LogP contribution in [0.5, 0.6) is 0 Å². The maximum atomic E-state index is 6.23. The summed E-state index contributed by atoms with van der Waals surface area (Å²) in [5.74, 6) is 0. The Morgan fingerprint density at radius 1 is 1.18 bits per heavy atom. The molecule has 0 saturated heterocycles. The van der Waals surface area contributed by atoms with E-state index in [4.69, 9.17) is 21.1 Å². The molecule has 2 nitrogen and oxygen atoms in total. The molecule has 0 aliphatic heterocycles. The van der Waals surface area contributed by atoms with Crippen LogP contribution in [0.4, 0.5) is 0 Å². The van der Waals surface area contributed by atoms with Crippen molar-refractivity contribution < 1.29 is 9.47 Å². The van der Waals surface area contributed by atoms with E-state index in [1.54, 1.807) is 6.08 Å². The first kappa shape index (κ1) is 14.2. The lowest BCUT2D eigenvalue weighted by Crippen LogP contribution is -2.14. The highest BCUT2D eigenvalue weighted by Gasteiger charge is 2.06. The van der Waals surface area contributed by atoms with Crippen molar-refractivity contribution >= 4 is 16.6 Å². The number of ether oxygens (including phenoxy) is 2. The third-order valence-corrected chi connectivity index (χ3v) is 2.62. The summed E-state index contributed by atoms with van der Waals surface area (Å²) in [7, 11) is 0. The van der Waals surface area contributed by atoms with Gasteiger partial charge in [-0.3, -0.25) is 0 Å². The number of hydrogen-bond acceptors (Lipinski definition) is 2. The number of hydrogen-bond donors (Lipinski definition) is 0. The zero-order chi connectivity index (χ0) is 12.7. The van der Waals surface area contributed by atoms with Gasteiger partial charge in [0, 0.05) is 18.2 Å². The first-order chi connectivity index (χ1) is 8.17. The van der Waals surface area contributed by atoms with E-state index in [1.807, 2.05) is 45.0 Å². The molecule has 17 heavy (non-hydrogen) atoms. The minimum Gasteiger partial charge on any atom is -0.349 e. The third-order valence-electron chi connectivity index (χ3n) is 2.27. The molecule has 0 heterocycles. The molecule has 0 bridgehead atoms. The molecule has 1 aromatic rings. The van der Waals surface area contributed by atoms with Crippen LogP contribution in [0.25, 0.3) is 5.03 Å². The van der Waals surface area contributed by atoms with E-state index in [2.05, 4.69) is 0 Å². The highest BCUT2D eigenvalue weighted by atomic mass is 35.5. The maximum absolute atomic E-state index is 6.23. The molecule has 0 fully saturated rings. The molecule has 0 radical (unpaired) electrons. The van der Waals surface area contributed by atoms with Crippen LogP contribution in [0.1, 0.15) is 25.0 Å². The topological polar surface area (TPSA) is 18.5 Å². The molecule has 0 spiro atoms. The second-order valence-corrected chi connectivity index (χ2v) is 4.07. The lowest BCUT2D eigenvalue weighted by atomic mass is 10.1. The first-order valence-electron chi connectivity index (χ1n) is 5.85. The highest BCUT2D eigenvalue weighted by molar-refractivity contribution is 6.48. The van der Waals surface area contributed by atoms with Gasteiger partial charge in [0.2, 0.25) is 0 Å². The summed E-state index contributed by atoms with van der Waals surface area (Å²) in [6.45, 7) is 7.10. The summed E-state index contributed by atoms with van der Waals surface area (Å²) in [5.41, 5.74) is 2.19. The summed E-state index contributed by atoms with van der Waals surface area (Å²) >= 11 is 6.23. The van der Waals surface area contributed by atoms with Crippen molar-refractivity contribution in [3.8, 4) is 0 Å². The number of aryl methyl sites for hydroxylation is 1. The molecular formula is C14H19ClO2. The predicted molar refractivity (Wildman–Crippen MR) is 72.0 cm³/mol. The Morgan fingerprint density at radius 3 is 2.18 bits per heavy atom. The van der Waals surface area contributed by atoms with Crippen LogP contribution in [0, 0.1) is 6.92 Å². The molecule has 0 atom stereocenters. The molecule has 0 aromatic heterocycles. The van der Waals surface area contributed by atoms with E-state index in [9.17, 15) is 0 Å². The minimum absolute atomic E-state index is 0.376. The standard InChI is InChI=1S/C14H19ClO2/c1-4-16-14(17-5-2)10-13(15)12-8-6-11(3)7-9-12/h6-10,14H,4-5H2,1-3H3/b13-10-. The van der Waals surface area contributed by atoms with Gasteiger partial charge in [0.1, 0.15) is 0 Å². The fourth-order valence-corrected chi connectivity index (χ4v) is 1.63.